The van der Waals surface area contributed by atoms with Gasteiger partial charge in [0, 0.05) is 30.0 Å². The highest BCUT2D eigenvalue weighted by atomic mass is 32.2. The Bertz CT molecular complexity index is 709. The molecule has 2 aliphatic rings. The lowest BCUT2D eigenvalue weighted by Gasteiger charge is -2.29. The van der Waals surface area contributed by atoms with Gasteiger partial charge in [0.1, 0.15) is 6.04 Å². The van der Waals surface area contributed by atoms with Gasteiger partial charge in [0.05, 0.1) is 4.87 Å². The zero-order chi connectivity index (χ0) is 18.0. The van der Waals surface area contributed by atoms with Crippen LogP contribution in [0.2, 0.25) is 0 Å². The fourth-order valence-electron chi connectivity index (χ4n) is 3.32. The molecule has 3 rings (SSSR count). The first kappa shape index (κ1) is 17.8. The molecule has 0 radical (unpaired) electrons. The van der Waals surface area contributed by atoms with Crippen molar-refractivity contribution in [1.29, 1.82) is 0 Å². The number of hydrogen-bond acceptors (Lipinski definition) is 4. The number of nitrogens with one attached hydrogen (secondary N) is 2. The number of fused-ring (bicyclic) bond motifs is 1. The minimum atomic E-state index is -0.456. The van der Waals surface area contributed by atoms with E-state index in [1.54, 1.807) is 40.9 Å². The van der Waals surface area contributed by atoms with Crippen molar-refractivity contribution < 1.29 is 14.4 Å². The number of amides is 3. The van der Waals surface area contributed by atoms with E-state index in [1.807, 2.05) is 13.8 Å². The Morgan fingerprint density at radius 2 is 2.20 bits per heavy atom. The summed E-state index contributed by atoms with van der Waals surface area (Å²) >= 11 is 1.66. The number of hydrogen-bond donors (Lipinski definition) is 2. The molecule has 2 atom stereocenters. The summed E-state index contributed by atoms with van der Waals surface area (Å²) < 4.78 is 0. The van der Waals surface area contributed by atoms with E-state index in [1.165, 1.54) is 0 Å². The van der Waals surface area contributed by atoms with Gasteiger partial charge in [-0.05, 0) is 38.0 Å². The number of anilines is 1. The number of carbonyl (C=O) groups excluding carboxylic acids is 3. The second kappa shape index (κ2) is 7.07. The quantitative estimate of drug-likeness (QED) is 0.843. The lowest BCUT2D eigenvalue weighted by molar-refractivity contribution is -0.135. The summed E-state index contributed by atoms with van der Waals surface area (Å²) in [7, 11) is 0. The maximum Gasteiger partial charge on any atom is 0.251 e. The van der Waals surface area contributed by atoms with Crippen molar-refractivity contribution in [1.82, 2.24) is 10.2 Å². The molecule has 2 fully saturated rings. The second-order valence-electron chi connectivity index (χ2n) is 6.59. The largest absolute Gasteiger partial charge is 0.352 e. The van der Waals surface area contributed by atoms with E-state index in [4.69, 9.17) is 0 Å². The summed E-state index contributed by atoms with van der Waals surface area (Å²) in [5.74, 6) is 0.291. The molecule has 0 bridgehead atoms. The minimum absolute atomic E-state index is 0.0420. The Labute approximate surface area is 151 Å². The minimum Gasteiger partial charge on any atom is -0.352 e. The summed E-state index contributed by atoms with van der Waals surface area (Å²) in [4.78, 5) is 38.3. The molecule has 0 spiro atoms. The van der Waals surface area contributed by atoms with Crippen LogP contribution in [0.15, 0.2) is 24.3 Å². The molecule has 2 aliphatic heterocycles. The third-order valence-electron chi connectivity index (χ3n) is 4.68. The van der Waals surface area contributed by atoms with E-state index in [0.717, 1.165) is 12.8 Å². The van der Waals surface area contributed by atoms with Crippen molar-refractivity contribution in [3.8, 4) is 0 Å². The van der Waals surface area contributed by atoms with Crippen molar-refractivity contribution in [2.75, 3.05) is 17.6 Å². The molecular weight excluding hydrogens is 338 g/mol. The van der Waals surface area contributed by atoms with Crippen LogP contribution in [-0.2, 0) is 9.59 Å². The van der Waals surface area contributed by atoms with E-state index in [2.05, 4.69) is 10.6 Å². The van der Waals surface area contributed by atoms with Crippen molar-refractivity contribution in [3.63, 3.8) is 0 Å². The van der Waals surface area contributed by atoms with E-state index in [0.29, 0.717) is 30.0 Å². The average molecular weight is 361 g/mol. The number of thioether (sulfide) groups is 1. The van der Waals surface area contributed by atoms with Gasteiger partial charge in [-0.1, -0.05) is 13.0 Å². The highest BCUT2D eigenvalue weighted by molar-refractivity contribution is 8.01. The molecule has 134 valence electrons. The smallest absolute Gasteiger partial charge is 0.251 e. The lowest BCUT2D eigenvalue weighted by atomic mass is 10.1. The molecular formula is C18H23N3O3S. The molecule has 1 aromatic rings. The van der Waals surface area contributed by atoms with Crippen LogP contribution in [0, 0.1) is 0 Å². The molecule has 2 N–H and O–H groups in total. The summed E-state index contributed by atoms with van der Waals surface area (Å²) in [5.41, 5.74) is 1.08. The van der Waals surface area contributed by atoms with Crippen LogP contribution < -0.4 is 10.6 Å². The summed E-state index contributed by atoms with van der Waals surface area (Å²) in [6.07, 6.45) is 2.15. The van der Waals surface area contributed by atoms with E-state index in [-0.39, 0.29) is 22.6 Å². The van der Waals surface area contributed by atoms with Crippen LogP contribution in [0.3, 0.4) is 0 Å². The van der Waals surface area contributed by atoms with Gasteiger partial charge in [-0.3, -0.25) is 14.4 Å². The molecule has 0 unspecified atom stereocenters. The summed E-state index contributed by atoms with van der Waals surface area (Å²) in [6, 6.07) is 6.41. The molecule has 7 heteroatoms. The molecule has 0 aliphatic carbocycles. The maximum atomic E-state index is 12.7. The van der Waals surface area contributed by atoms with Gasteiger partial charge < -0.3 is 15.5 Å². The van der Waals surface area contributed by atoms with Gasteiger partial charge in [0.15, 0.2) is 0 Å². The van der Waals surface area contributed by atoms with Crippen molar-refractivity contribution in [2.45, 2.75) is 44.0 Å². The predicted octanol–water partition coefficient (Wildman–Crippen LogP) is 2.22. The fourth-order valence-corrected chi connectivity index (χ4v) is 4.75. The normalized spacial score (nSPS) is 25.0. The monoisotopic (exact) mass is 361 g/mol. The molecule has 1 aromatic carbocycles. The van der Waals surface area contributed by atoms with Gasteiger partial charge in [0.25, 0.3) is 5.91 Å². The molecule has 2 heterocycles. The van der Waals surface area contributed by atoms with Crippen molar-refractivity contribution in [3.05, 3.63) is 29.8 Å². The van der Waals surface area contributed by atoms with Crippen molar-refractivity contribution >= 4 is 35.2 Å². The van der Waals surface area contributed by atoms with Crippen LogP contribution in [0.25, 0.3) is 0 Å². The average Bonchev–Trinajstić information content (AvgIpc) is 3.09. The molecule has 0 saturated carbocycles. The first-order chi connectivity index (χ1) is 11.9. The molecule has 25 heavy (non-hydrogen) atoms. The predicted molar refractivity (Wildman–Crippen MR) is 98.4 cm³/mol. The first-order valence-corrected chi connectivity index (χ1v) is 9.58. The lowest BCUT2D eigenvalue weighted by Crippen LogP contribution is -2.48. The van der Waals surface area contributed by atoms with Gasteiger partial charge >= 0.3 is 0 Å². The number of benzene rings is 1. The number of carbonyl (C=O) groups is 3. The third kappa shape index (κ3) is 3.51. The van der Waals surface area contributed by atoms with Crippen LogP contribution in [0.1, 0.15) is 43.5 Å². The van der Waals surface area contributed by atoms with Crippen LogP contribution in [0.5, 0.6) is 0 Å². The molecule has 6 nitrogen and oxygen atoms in total. The standard InChI is InChI=1S/C18H23N3O3S/c1-3-9-19-16(23)12-5-4-6-13(10-12)20-17(24)14-11-25-18(2)8-7-15(22)21(14)18/h4-6,10,14H,3,7-9,11H2,1-2H3,(H,19,23)(H,20,24)/t14-,18+/m1/s1. The first-order valence-electron chi connectivity index (χ1n) is 8.60. The van der Waals surface area contributed by atoms with Gasteiger partial charge in [0.2, 0.25) is 11.8 Å². The van der Waals surface area contributed by atoms with Crippen molar-refractivity contribution in [2.24, 2.45) is 0 Å². The molecule has 0 aromatic heterocycles. The Morgan fingerprint density at radius 3 is 2.96 bits per heavy atom. The maximum absolute atomic E-state index is 12.7. The molecule has 3 amide bonds. The highest BCUT2D eigenvalue weighted by Gasteiger charge is 2.52. The van der Waals surface area contributed by atoms with Gasteiger partial charge in [-0.15, -0.1) is 11.8 Å². The Balaban J connectivity index is 1.69. The van der Waals surface area contributed by atoms with Crippen LogP contribution in [0.4, 0.5) is 5.69 Å². The van der Waals surface area contributed by atoms with E-state index < -0.39 is 6.04 Å². The number of nitrogens with zero attached hydrogens (tertiary/aromatic N) is 1. The Morgan fingerprint density at radius 1 is 1.40 bits per heavy atom. The Kier molecular flexibility index (Phi) is 5.03. The van der Waals surface area contributed by atoms with Crippen LogP contribution >= 0.6 is 11.8 Å². The molecule has 2 saturated heterocycles. The summed E-state index contributed by atoms with van der Waals surface area (Å²) in [6.45, 7) is 4.63. The van der Waals surface area contributed by atoms with E-state index in [9.17, 15) is 14.4 Å². The van der Waals surface area contributed by atoms with Gasteiger partial charge in [-0.25, -0.2) is 0 Å². The van der Waals surface area contributed by atoms with Crippen LogP contribution in [-0.4, -0.2) is 45.8 Å². The Hall–Kier alpha value is -2.02. The van der Waals surface area contributed by atoms with Gasteiger partial charge in [-0.2, -0.15) is 0 Å². The zero-order valence-corrected chi connectivity index (χ0v) is 15.3. The zero-order valence-electron chi connectivity index (χ0n) is 14.5. The topological polar surface area (TPSA) is 78.5 Å². The second-order valence-corrected chi connectivity index (χ2v) is 8.09. The van der Waals surface area contributed by atoms with E-state index >= 15 is 0 Å². The fraction of sp³-hybridized carbons (Fsp3) is 0.500. The number of rotatable bonds is 5. The highest BCUT2D eigenvalue weighted by Crippen LogP contribution is 2.47. The summed E-state index contributed by atoms with van der Waals surface area (Å²) in [5, 5.41) is 5.68. The third-order valence-corrected chi connectivity index (χ3v) is 6.18. The SMILES string of the molecule is CCCNC(=O)c1cccc(NC(=O)[C@H]2CS[C@@]3(C)CCC(=O)N23)c1.